The highest BCUT2D eigenvalue weighted by Crippen LogP contribution is 2.36. The molecule has 0 radical (unpaired) electrons. The molecule has 2 aromatic heterocycles. The molecule has 3 aromatic carbocycles. The molecule has 192 valence electrons. The van der Waals surface area contributed by atoms with Crippen LogP contribution in [0.1, 0.15) is 17.4 Å². The number of rotatable bonds is 6. The number of carbonyl (C=O) groups excluding carboxylic acids is 1. The van der Waals surface area contributed by atoms with Crippen molar-refractivity contribution >= 4 is 32.9 Å². The van der Waals surface area contributed by atoms with Gasteiger partial charge < -0.3 is 14.6 Å². The van der Waals surface area contributed by atoms with Crippen molar-refractivity contribution in [2.75, 3.05) is 13.2 Å². The van der Waals surface area contributed by atoms with Crippen LogP contribution in [-0.4, -0.2) is 43.7 Å². The van der Waals surface area contributed by atoms with E-state index in [1.54, 1.807) is 23.0 Å². The molecule has 1 aliphatic heterocycles. The van der Waals surface area contributed by atoms with Gasteiger partial charge in [0, 0.05) is 40.0 Å². The van der Waals surface area contributed by atoms with Gasteiger partial charge in [-0.1, -0.05) is 15.9 Å². The maximum atomic E-state index is 15.0. The Morgan fingerprint density at radius 1 is 1.08 bits per heavy atom. The van der Waals surface area contributed by atoms with Gasteiger partial charge in [-0.25, -0.2) is 22.8 Å². The van der Waals surface area contributed by atoms with Gasteiger partial charge in [0.15, 0.2) is 12.0 Å². The maximum absolute atomic E-state index is 15.0. The standard InChI is InChI=1S/C27H19BrF3N5O2/c28-16-3-7-18(8-4-16)36-12-20(25(34-36)15-1-5-17(29)6-2-15)27-35(23(37)13-38-27)10-9-19-21(30)11-22-26(24(19)31)33-14-32-22/h1-8,11-12,14,27H,9-10,13H2,(H,32,33). The molecule has 6 rings (SSSR count). The number of benzene rings is 3. The van der Waals surface area contributed by atoms with Crippen LogP contribution in [0.25, 0.3) is 28.0 Å². The first kappa shape index (κ1) is 24.4. The monoisotopic (exact) mass is 581 g/mol. The molecular weight excluding hydrogens is 563 g/mol. The van der Waals surface area contributed by atoms with Crippen molar-refractivity contribution in [1.29, 1.82) is 0 Å². The van der Waals surface area contributed by atoms with Crippen LogP contribution in [-0.2, 0) is 16.0 Å². The number of hydrogen-bond donors (Lipinski definition) is 1. The third kappa shape index (κ3) is 4.37. The van der Waals surface area contributed by atoms with Crippen molar-refractivity contribution in [2.24, 2.45) is 0 Å². The molecule has 0 saturated carbocycles. The van der Waals surface area contributed by atoms with Gasteiger partial charge in [-0.2, -0.15) is 5.10 Å². The van der Waals surface area contributed by atoms with Crippen LogP contribution in [0.4, 0.5) is 13.2 Å². The van der Waals surface area contributed by atoms with Crippen LogP contribution in [0.15, 0.2) is 71.6 Å². The molecule has 0 spiro atoms. The second kappa shape index (κ2) is 9.73. The van der Waals surface area contributed by atoms with E-state index in [2.05, 4.69) is 25.9 Å². The average Bonchev–Trinajstić information content (AvgIpc) is 3.64. The van der Waals surface area contributed by atoms with Crippen molar-refractivity contribution in [3.8, 4) is 16.9 Å². The number of fused-ring (bicyclic) bond motifs is 1. The minimum atomic E-state index is -0.855. The fourth-order valence-electron chi connectivity index (χ4n) is 4.59. The molecule has 0 bridgehead atoms. The molecule has 38 heavy (non-hydrogen) atoms. The molecule has 7 nitrogen and oxygen atoms in total. The largest absolute Gasteiger partial charge is 0.344 e. The topological polar surface area (TPSA) is 76.0 Å². The number of carbonyl (C=O) groups is 1. The zero-order valence-corrected chi connectivity index (χ0v) is 21.3. The second-order valence-corrected chi connectivity index (χ2v) is 9.73. The molecule has 11 heteroatoms. The highest BCUT2D eigenvalue weighted by molar-refractivity contribution is 9.10. The Morgan fingerprint density at radius 3 is 2.61 bits per heavy atom. The van der Waals surface area contributed by atoms with E-state index < -0.39 is 23.7 Å². The van der Waals surface area contributed by atoms with E-state index >= 15 is 0 Å². The number of halogens is 4. The summed E-state index contributed by atoms with van der Waals surface area (Å²) in [5, 5.41) is 4.72. The predicted octanol–water partition coefficient (Wildman–Crippen LogP) is 5.70. The molecule has 5 aromatic rings. The summed E-state index contributed by atoms with van der Waals surface area (Å²) in [4.78, 5) is 20.9. The number of aromatic nitrogens is 4. The third-order valence-corrected chi connectivity index (χ3v) is 7.02. The van der Waals surface area contributed by atoms with Crippen molar-refractivity contribution in [3.63, 3.8) is 0 Å². The highest BCUT2D eigenvalue weighted by Gasteiger charge is 2.36. The zero-order chi connectivity index (χ0) is 26.4. The van der Waals surface area contributed by atoms with Crippen LogP contribution in [0.3, 0.4) is 0 Å². The first-order valence-electron chi connectivity index (χ1n) is 11.7. The number of aromatic amines is 1. The van der Waals surface area contributed by atoms with Crippen molar-refractivity contribution in [1.82, 2.24) is 24.6 Å². The lowest BCUT2D eigenvalue weighted by Gasteiger charge is -2.23. The van der Waals surface area contributed by atoms with Gasteiger partial charge in [0.1, 0.15) is 29.5 Å². The van der Waals surface area contributed by atoms with Gasteiger partial charge in [0.2, 0.25) is 0 Å². The molecule has 1 saturated heterocycles. The van der Waals surface area contributed by atoms with E-state index in [0.717, 1.165) is 10.2 Å². The number of hydrogen-bond acceptors (Lipinski definition) is 4. The zero-order valence-electron chi connectivity index (χ0n) is 19.7. The minimum absolute atomic E-state index is 0.000406. The summed E-state index contributed by atoms with van der Waals surface area (Å²) in [7, 11) is 0. The van der Waals surface area contributed by atoms with Crippen LogP contribution >= 0.6 is 15.9 Å². The molecule has 1 aliphatic rings. The normalized spacial score (nSPS) is 15.6. The lowest BCUT2D eigenvalue weighted by atomic mass is 10.1. The maximum Gasteiger partial charge on any atom is 0.250 e. The molecule has 1 atom stereocenters. The summed E-state index contributed by atoms with van der Waals surface area (Å²) in [6.45, 7) is -0.194. The molecular formula is C27H19BrF3N5O2. The van der Waals surface area contributed by atoms with Crippen LogP contribution in [0, 0.1) is 17.5 Å². The van der Waals surface area contributed by atoms with Crippen LogP contribution in [0.2, 0.25) is 0 Å². The summed E-state index contributed by atoms with van der Waals surface area (Å²) < 4.78 is 51.8. The number of H-pyrrole nitrogens is 1. The van der Waals surface area contributed by atoms with Gasteiger partial charge >= 0.3 is 0 Å². The van der Waals surface area contributed by atoms with Crippen LogP contribution in [0.5, 0.6) is 0 Å². The van der Waals surface area contributed by atoms with Crippen molar-refractivity contribution in [3.05, 3.63) is 100 Å². The van der Waals surface area contributed by atoms with E-state index in [-0.39, 0.29) is 42.1 Å². The number of ether oxygens (including phenoxy) is 1. The summed E-state index contributed by atoms with van der Waals surface area (Å²) >= 11 is 3.42. The third-order valence-electron chi connectivity index (χ3n) is 6.49. The Labute approximate surface area is 223 Å². The van der Waals surface area contributed by atoms with E-state index in [0.29, 0.717) is 16.8 Å². The summed E-state index contributed by atoms with van der Waals surface area (Å²) in [5.41, 5.74) is 2.58. The first-order valence-corrected chi connectivity index (χ1v) is 12.5. The number of imidazole rings is 1. The van der Waals surface area contributed by atoms with E-state index in [4.69, 9.17) is 9.84 Å². The number of amides is 1. The molecule has 3 heterocycles. The Morgan fingerprint density at radius 2 is 1.84 bits per heavy atom. The lowest BCUT2D eigenvalue weighted by Crippen LogP contribution is -2.31. The van der Waals surface area contributed by atoms with Gasteiger partial charge in [-0.05, 0) is 55.0 Å². The van der Waals surface area contributed by atoms with Crippen molar-refractivity contribution < 1.29 is 22.7 Å². The fourth-order valence-corrected chi connectivity index (χ4v) is 4.86. The highest BCUT2D eigenvalue weighted by atomic mass is 79.9. The van der Waals surface area contributed by atoms with Gasteiger partial charge in [0.05, 0.1) is 17.5 Å². The number of nitrogens with zero attached hydrogens (tertiary/aromatic N) is 4. The molecule has 0 aliphatic carbocycles. The second-order valence-electron chi connectivity index (χ2n) is 8.81. The van der Waals surface area contributed by atoms with Crippen LogP contribution < -0.4 is 0 Å². The molecule has 1 N–H and O–H groups in total. The quantitative estimate of drug-likeness (QED) is 0.279. The minimum Gasteiger partial charge on any atom is -0.344 e. The fraction of sp³-hybridized carbons (Fsp3) is 0.148. The Kier molecular flexibility index (Phi) is 6.24. The van der Waals surface area contributed by atoms with Crippen molar-refractivity contribution in [2.45, 2.75) is 12.6 Å². The Hall–Kier alpha value is -3.96. The predicted molar refractivity (Wildman–Crippen MR) is 137 cm³/mol. The first-order chi connectivity index (χ1) is 18.4. The summed E-state index contributed by atoms with van der Waals surface area (Å²) in [6.07, 6.45) is 2.10. The van der Waals surface area contributed by atoms with E-state index in [1.807, 2.05) is 24.3 Å². The number of nitrogens with one attached hydrogen (secondary N) is 1. The molecule has 1 amide bonds. The lowest BCUT2D eigenvalue weighted by molar-refractivity contribution is -0.128. The SMILES string of the molecule is O=C1COC(c2cn(-c3ccc(Br)cc3)nc2-c2ccc(F)cc2)N1CCc1c(F)cc2[nH]cnc2c1F. The van der Waals surface area contributed by atoms with Gasteiger partial charge in [-0.3, -0.25) is 4.79 Å². The smallest absolute Gasteiger partial charge is 0.250 e. The Bertz CT molecular complexity index is 1650. The Balaban J connectivity index is 1.36. The summed E-state index contributed by atoms with van der Waals surface area (Å²) in [5.74, 6) is -2.20. The summed E-state index contributed by atoms with van der Waals surface area (Å²) in [6, 6.07) is 14.5. The van der Waals surface area contributed by atoms with E-state index in [9.17, 15) is 18.0 Å². The van der Waals surface area contributed by atoms with Gasteiger partial charge in [0.25, 0.3) is 5.91 Å². The van der Waals surface area contributed by atoms with Gasteiger partial charge in [-0.15, -0.1) is 0 Å². The average molecular weight is 582 g/mol. The van der Waals surface area contributed by atoms with E-state index in [1.165, 1.54) is 29.4 Å². The molecule has 1 unspecified atom stereocenters. The molecule has 1 fully saturated rings.